The van der Waals surface area contributed by atoms with Crippen LogP contribution >= 0.6 is 23.2 Å². The van der Waals surface area contributed by atoms with E-state index in [1.165, 1.54) is 38.1 Å². The van der Waals surface area contributed by atoms with Crippen molar-refractivity contribution in [2.45, 2.75) is 6.92 Å². The molecule has 7 heteroatoms. The average Bonchev–Trinajstić information content (AvgIpc) is 2.40. The molecule has 1 atom stereocenters. The van der Waals surface area contributed by atoms with Crippen LogP contribution in [0.1, 0.15) is 17.3 Å². The van der Waals surface area contributed by atoms with E-state index in [1.807, 2.05) is 0 Å². The van der Waals surface area contributed by atoms with E-state index in [0.717, 1.165) is 0 Å². The standard InChI is InChI=1S/C13H15Cl2NO4/c1-7(13(18)19)6-16(2)12(17)8-4-9(14)10(15)5-11(8)20-3/h4-5,7H,6H2,1-3H3,(H,18,19). The molecule has 0 saturated carbocycles. The molecule has 0 heterocycles. The Morgan fingerprint density at radius 2 is 1.90 bits per heavy atom. The van der Waals surface area contributed by atoms with Gasteiger partial charge in [-0.15, -0.1) is 0 Å². The zero-order chi connectivity index (χ0) is 15.4. The number of carbonyl (C=O) groups excluding carboxylic acids is 1. The SMILES string of the molecule is COc1cc(Cl)c(Cl)cc1C(=O)N(C)CC(C)C(=O)O. The Morgan fingerprint density at radius 3 is 2.40 bits per heavy atom. The van der Waals surface area contributed by atoms with Crippen LogP contribution in [0.2, 0.25) is 10.0 Å². The minimum Gasteiger partial charge on any atom is -0.496 e. The number of halogens is 2. The van der Waals surface area contributed by atoms with Crippen LogP contribution in [-0.2, 0) is 4.79 Å². The van der Waals surface area contributed by atoms with Gasteiger partial charge in [0.25, 0.3) is 5.91 Å². The third-order valence-electron chi connectivity index (χ3n) is 2.79. The van der Waals surface area contributed by atoms with Crippen LogP contribution in [0.4, 0.5) is 0 Å². The molecule has 110 valence electrons. The smallest absolute Gasteiger partial charge is 0.308 e. The highest BCUT2D eigenvalue weighted by Crippen LogP contribution is 2.31. The largest absolute Gasteiger partial charge is 0.496 e. The summed E-state index contributed by atoms with van der Waals surface area (Å²) in [5, 5.41) is 9.37. The molecular formula is C13H15Cl2NO4. The second-order valence-electron chi connectivity index (χ2n) is 4.39. The molecule has 0 aliphatic heterocycles. The molecule has 0 spiro atoms. The van der Waals surface area contributed by atoms with Gasteiger partial charge >= 0.3 is 5.97 Å². The quantitative estimate of drug-likeness (QED) is 0.906. The summed E-state index contributed by atoms with van der Waals surface area (Å²) < 4.78 is 5.10. The van der Waals surface area contributed by atoms with E-state index < -0.39 is 11.9 Å². The number of nitrogens with zero attached hydrogens (tertiary/aromatic N) is 1. The van der Waals surface area contributed by atoms with Gasteiger partial charge in [0.15, 0.2) is 0 Å². The first-order valence-corrected chi connectivity index (χ1v) is 6.54. The van der Waals surface area contributed by atoms with Gasteiger partial charge in [0, 0.05) is 19.7 Å². The summed E-state index contributed by atoms with van der Waals surface area (Å²) in [6.07, 6.45) is 0. The van der Waals surface area contributed by atoms with Crippen molar-refractivity contribution in [3.63, 3.8) is 0 Å². The molecule has 0 aliphatic carbocycles. The van der Waals surface area contributed by atoms with Crippen molar-refractivity contribution < 1.29 is 19.4 Å². The van der Waals surface area contributed by atoms with Gasteiger partial charge in [0.05, 0.1) is 28.6 Å². The van der Waals surface area contributed by atoms with Crippen LogP contribution in [-0.4, -0.2) is 42.6 Å². The Morgan fingerprint density at radius 1 is 1.35 bits per heavy atom. The first-order valence-electron chi connectivity index (χ1n) is 5.79. The van der Waals surface area contributed by atoms with Crippen molar-refractivity contribution >= 4 is 35.1 Å². The zero-order valence-electron chi connectivity index (χ0n) is 11.3. The van der Waals surface area contributed by atoms with Crippen molar-refractivity contribution in [1.29, 1.82) is 0 Å². The summed E-state index contributed by atoms with van der Waals surface area (Å²) in [4.78, 5) is 24.4. The summed E-state index contributed by atoms with van der Waals surface area (Å²) in [7, 11) is 2.93. The fourth-order valence-electron chi connectivity index (χ4n) is 1.64. The number of amides is 1. The van der Waals surface area contributed by atoms with Gasteiger partial charge in [-0.2, -0.15) is 0 Å². The van der Waals surface area contributed by atoms with E-state index in [4.69, 9.17) is 33.0 Å². The summed E-state index contributed by atoms with van der Waals surface area (Å²) in [6.45, 7) is 1.61. The second-order valence-corrected chi connectivity index (χ2v) is 5.21. The Kier molecular flexibility index (Phi) is 5.65. The van der Waals surface area contributed by atoms with Crippen molar-refractivity contribution in [2.24, 2.45) is 5.92 Å². The maximum absolute atomic E-state index is 12.3. The number of carbonyl (C=O) groups is 2. The van der Waals surface area contributed by atoms with Crippen molar-refractivity contribution in [1.82, 2.24) is 4.90 Å². The normalized spacial score (nSPS) is 11.8. The molecule has 0 radical (unpaired) electrons. The molecule has 0 bridgehead atoms. The fourth-order valence-corrected chi connectivity index (χ4v) is 1.96. The molecule has 5 nitrogen and oxygen atoms in total. The van der Waals surface area contributed by atoms with E-state index >= 15 is 0 Å². The van der Waals surface area contributed by atoms with Crippen LogP contribution in [0.25, 0.3) is 0 Å². The predicted molar refractivity (Wildman–Crippen MR) is 76.8 cm³/mol. The molecule has 1 aromatic carbocycles. The average molecular weight is 320 g/mol. The molecule has 1 unspecified atom stereocenters. The number of hydrogen-bond donors (Lipinski definition) is 1. The highest BCUT2D eigenvalue weighted by molar-refractivity contribution is 6.42. The minimum absolute atomic E-state index is 0.0809. The molecular weight excluding hydrogens is 305 g/mol. The maximum atomic E-state index is 12.3. The minimum atomic E-state index is -0.967. The van der Waals surface area contributed by atoms with E-state index in [2.05, 4.69) is 0 Å². The Hall–Kier alpha value is -1.46. The molecule has 1 amide bonds. The van der Waals surface area contributed by atoms with E-state index in [0.29, 0.717) is 5.75 Å². The molecule has 0 aromatic heterocycles. The monoisotopic (exact) mass is 319 g/mol. The number of methoxy groups -OCH3 is 1. The summed E-state index contributed by atoms with van der Waals surface area (Å²) in [5.41, 5.74) is 0.238. The van der Waals surface area contributed by atoms with Gasteiger partial charge in [-0.05, 0) is 6.07 Å². The van der Waals surface area contributed by atoms with E-state index in [-0.39, 0.29) is 28.1 Å². The fraction of sp³-hybridized carbons (Fsp3) is 0.385. The van der Waals surface area contributed by atoms with E-state index in [1.54, 1.807) is 0 Å². The van der Waals surface area contributed by atoms with Crippen LogP contribution < -0.4 is 4.74 Å². The highest BCUT2D eigenvalue weighted by Gasteiger charge is 2.22. The van der Waals surface area contributed by atoms with Crippen LogP contribution in [0.15, 0.2) is 12.1 Å². The number of carboxylic acids is 1. The lowest BCUT2D eigenvalue weighted by molar-refractivity contribution is -0.141. The number of carboxylic acid groups (broad SMARTS) is 1. The number of ether oxygens (including phenoxy) is 1. The van der Waals surface area contributed by atoms with Crippen molar-refractivity contribution in [2.75, 3.05) is 20.7 Å². The first-order chi connectivity index (χ1) is 9.27. The summed E-state index contributed by atoms with van der Waals surface area (Å²) >= 11 is 11.8. The Bertz CT molecular complexity index is 533. The third kappa shape index (κ3) is 3.77. The lowest BCUT2D eigenvalue weighted by Crippen LogP contribution is -2.33. The number of aliphatic carboxylic acids is 1. The number of hydrogen-bond acceptors (Lipinski definition) is 3. The number of rotatable bonds is 5. The van der Waals surface area contributed by atoms with Crippen LogP contribution in [0.3, 0.4) is 0 Å². The Labute approximate surface area is 127 Å². The van der Waals surface area contributed by atoms with Gasteiger partial charge < -0.3 is 14.7 Å². The van der Waals surface area contributed by atoms with Gasteiger partial charge in [0.1, 0.15) is 5.75 Å². The second kappa shape index (κ2) is 6.81. The van der Waals surface area contributed by atoms with Gasteiger partial charge in [-0.1, -0.05) is 30.1 Å². The molecule has 0 fully saturated rings. The van der Waals surface area contributed by atoms with E-state index in [9.17, 15) is 9.59 Å². The van der Waals surface area contributed by atoms with Crippen LogP contribution in [0, 0.1) is 5.92 Å². The highest BCUT2D eigenvalue weighted by atomic mass is 35.5. The Balaban J connectivity index is 3.02. The lowest BCUT2D eigenvalue weighted by Gasteiger charge is -2.21. The van der Waals surface area contributed by atoms with Crippen molar-refractivity contribution in [3.8, 4) is 5.75 Å². The molecule has 0 saturated heterocycles. The van der Waals surface area contributed by atoms with Gasteiger partial charge in [-0.3, -0.25) is 9.59 Å². The molecule has 0 aliphatic rings. The topological polar surface area (TPSA) is 66.8 Å². The predicted octanol–water partition coefficient (Wildman–Crippen LogP) is 2.79. The molecule has 1 N–H and O–H groups in total. The van der Waals surface area contributed by atoms with Gasteiger partial charge in [-0.25, -0.2) is 0 Å². The van der Waals surface area contributed by atoms with Gasteiger partial charge in [0.2, 0.25) is 0 Å². The molecule has 20 heavy (non-hydrogen) atoms. The zero-order valence-corrected chi connectivity index (χ0v) is 12.8. The summed E-state index contributed by atoms with van der Waals surface area (Å²) in [6, 6.07) is 2.86. The first kappa shape index (κ1) is 16.6. The molecule has 1 aromatic rings. The number of benzene rings is 1. The third-order valence-corrected chi connectivity index (χ3v) is 3.51. The molecule has 1 rings (SSSR count). The van der Waals surface area contributed by atoms with Crippen molar-refractivity contribution in [3.05, 3.63) is 27.7 Å². The lowest BCUT2D eigenvalue weighted by atomic mass is 10.1. The van der Waals surface area contributed by atoms with Crippen LogP contribution in [0.5, 0.6) is 5.75 Å². The summed E-state index contributed by atoms with van der Waals surface area (Å²) in [5.74, 6) is -1.73. The maximum Gasteiger partial charge on any atom is 0.308 e.